The molecule has 15 heavy (non-hydrogen) atoms. The van der Waals surface area contributed by atoms with E-state index in [1.807, 2.05) is 18.2 Å². The molecule has 1 aromatic carbocycles. The molecule has 0 spiro atoms. The number of anilines is 2. The van der Waals surface area contributed by atoms with Gasteiger partial charge in [0.2, 0.25) is 5.13 Å². The van der Waals surface area contributed by atoms with Crippen molar-refractivity contribution in [3.63, 3.8) is 0 Å². The first kappa shape index (κ1) is 11.3. The number of rotatable bonds is 2. The number of hydrogen-bond acceptors (Lipinski definition) is 4. The van der Waals surface area contributed by atoms with Crippen molar-refractivity contribution in [3.05, 3.63) is 30.7 Å². The van der Waals surface area contributed by atoms with Crippen LogP contribution in [0.5, 0.6) is 0 Å². The Hall–Kier alpha value is -0.180. The zero-order chi connectivity index (χ0) is 10.8. The average Bonchev–Trinajstić information content (AvgIpc) is 2.56. The summed E-state index contributed by atoms with van der Waals surface area (Å²) in [5.41, 5.74) is 0.970. The normalized spacial score (nSPS) is 10.3. The Morgan fingerprint density at radius 2 is 2.33 bits per heavy atom. The predicted molar refractivity (Wildman–Crippen MR) is 74.8 cm³/mol. The van der Waals surface area contributed by atoms with Crippen LogP contribution in [0.3, 0.4) is 0 Å². The van der Waals surface area contributed by atoms with Gasteiger partial charge < -0.3 is 5.32 Å². The Morgan fingerprint density at radius 3 is 2.93 bits per heavy atom. The average molecular weight is 370 g/mol. The van der Waals surface area contributed by atoms with Crippen LogP contribution in [0.2, 0.25) is 5.02 Å². The molecular weight excluding hydrogens is 365 g/mol. The number of aromatic nitrogens is 2. The molecular formula is C8H5ClIN3S2. The van der Waals surface area contributed by atoms with E-state index < -0.39 is 0 Å². The highest BCUT2D eigenvalue weighted by Gasteiger charge is 2.03. The van der Waals surface area contributed by atoms with Gasteiger partial charge in [-0.05, 0) is 53.0 Å². The molecule has 0 saturated heterocycles. The van der Waals surface area contributed by atoms with Gasteiger partial charge in [-0.2, -0.15) is 0 Å². The number of halogens is 2. The minimum Gasteiger partial charge on any atom is -0.329 e. The Labute approximate surface area is 114 Å². The SMILES string of the molecule is S=c1[nH]nc(Nc2ccc(Cl)cc2I)s1. The molecule has 0 aliphatic carbocycles. The van der Waals surface area contributed by atoms with E-state index in [0.29, 0.717) is 3.95 Å². The zero-order valence-corrected chi connectivity index (χ0v) is 11.8. The molecule has 2 N–H and O–H groups in total. The van der Waals surface area contributed by atoms with E-state index in [1.165, 1.54) is 11.3 Å². The number of nitrogens with zero attached hydrogens (tertiary/aromatic N) is 1. The fraction of sp³-hybridized carbons (Fsp3) is 0. The second-order valence-corrected chi connectivity index (χ2v) is 5.93. The molecule has 0 radical (unpaired) electrons. The van der Waals surface area contributed by atoms with Crippen molar-refractivity contribution in [2.75, 3.05) is 5.32 Å². The van der Waals surface area contributed by atoms with Gasteiger partial charge >= 0.3 is 0 Å². The summed E-state index contributed by atoms with van der Waals surface area (Å²) in [6.07, 6.45) is 0. The first-order valence-electron chi connectivity index (χ1n) is 3.93. The largest absolute Gasteiger partial charge is 0.329 e. The van der Waals surface area contributed by atoms with Crippen molar-refractivity contribution in [1.29, 1.82) is 0 Å². The highest BCUT2D eigenvalue weighted by molar-refractivity contribution is 14.1. The molecule has 7 heteroatoms. The summed E-state index contributed by atoms with van der Waals surface area (Å²) >= 11 is 14.4. The van der Waals surface area contributed by atoms with E-state index in [9.17, 15) is 0 Å². The molecule has 0 unspecified atom stereocenters. The number of aromatic amines is 1. The number of H-pyrrole nitrogens is 1. The fourth-order valence-corrected chi connectivity index (χ4v) is 2.80. The third-order valence-electron chi connectivity index (χ3n) is 1.61. The van der Waals surface area contributed by atoms with Gasteiger partial charge in [-0.15, -0.1) is 5.10 Å². The number of benzene rings is 1. The van der Waals surface area contributed by atoms with Gasteiger partial charge in [0.15, 0.2) is 3.95 Å². The molecule has 3 nitrogen and oxygen atoms in total. The lowest BCUT2D eigenvalue weighted by atomic mass is 10.3. The maximum absolute atomic E-state index is 5.86. The molecule has 0 aliphatic heterocycles. The van der Waals surface area contributed by atoms with Gasteiger partial charge in [0.05, 0.1) is 5.69 Å². The molecule has 0 saturated carbocycles. The highest BCUT2D eigenvalue weighted by Crippen LogP contribution is 2.26. The standard InChI is InChI=1S/C8H5ClIN3S2/c9-4-1-2-6(5(10)3-4)11-7-12-13-8(14)15-7/h1-3H,(H,11,12)(H,13,14). The summed E-state index contributed by atoms with van der Waals surface area (Å²) in [6, 6.07) is 5.63. The monoisotopic (exact) mass is 369 g/mol. The highest BCUT2D eigenvalue weighted by atomic mass is 127. The van der Waals surface area contributed by atoms with Crippen molar-refractivity contribution in [1.82, 2.24) is 10.2 Å². The van der Waals surface area contributed by atoms with E-state index in [1.54, 1.807) is 0 Å². The molecule has 0 fully saturated rings. The Balaban J connectivity index is 2.28. The van der Waals surface area contributed by atoms with E-state index in [4.69, 9.17) is 23.8 Å². The van der Waals surface area contributed by atoms with Gasteiger partial charge in [-0.25, -0.2) is 0 Å². The van der Waals surface area contributed by atoms with E-state index in [-0.39, 0.29) is 0 Å². The summed E-state index contributed by atoms with van der Waals surface area (Å²) in [4.78, 5) is 0. The molecule has 0 atom stereocenters. The molecule has 0 aliphatic rings. The van der Waals surface area contributed by atoms with Crippen LogP contribution in [0.25, 0.3) is 0 Å². The maximum Gasteiger partial charge on any atom is 0.208 e. The van der Waals surface area contributed by atoms with Gasteiger partial charge in [0.1, 0.15) is 0 Å². The molecule has 0 amide bonds. The van der Waals surface area contributed by atoms with Crippen LogP contribution in [0, 0.1) is 7.52 Å². The summed E-state index contributed by atoms with van der Waals surface area (Å²) < 4.78 is 1.70. The van der Waals surface area contributed by atoms with Gasteiger partial charge in [-0.1, -0.05) is 22.9 Å². The maximum atomic E-state index is 5.86. The topological polar surface area (TPSA) is 40.7 Å². The lowest BCUT2D eigenvalue weighted by Crippen LogP contribution is -1.92. The molecule has 1 aromatic heterocycles. The summed E-state index contributed by atoms with van der Waals surface area (Å²) in [5, 5.41) is 11.4. The van der Waals surface area contributed by atoms with Crippen LogP contribution >= 0.6 is 57.7 Å². The van der Waals surface area contributed by atoms with E-state index in [2.05, 4.69) is 38.1 Å². The number of hydrogen-bond donors (Lipinski definition) is 2. The first-order chi connectivity index (χ1) is 7.15. The van der Waals surface area contributed by atoms with E-state index >= 15 is 0 Å². The molecule has 0 bridgehead atoms. The fourth-order valence-electron chi connectivity index (χ4n) is 0.989. The second kappa shape index (κ2) is 4.77. The lowest BCUT2D eigenvalue weighted by molar-refractivity contribution is 1.08. The summed E-state index contributed by atoms with van der Waals surface area (Å²) in [5.74, 6) is 0. The van der Waals surface area contributed by atoms with Gasteiger partial charge in [0.25, 0.3) is 0 Å². The molecule has 1 heterocycles. The van der Waals surface area contributed by atoms with Crippen molar-refractivity contribution < 1.29 is 0 Å². The summed E-state index contributed by atoms with van der Waals surface area (Å²) in [7, 11) is 0. The predicted octanol–water partition coefficient (Wildman–Crippen LogP) is 4.20. The quantitative estimate of drug-likeness (QED) is 0.615. The first-order valence-corrected chi connectivity index (χ1v) is 6.61. The molecule has 2 rings (SSSR count). The van der Waals surface area contributed by atoms with Crippen LogP contribution in [0.15, 0.2) is 18.2 Å². The van der Waals surface area contributed by atoms with Crippen molar-refractivity contribution in [2.24, 2.45) is 0 Å². The Morgan fingerprint density at radius 1 is 1.53 bits per heavy atom. The van der Waals surface area contributed by atoms with Crippen molar-refractivity contribution in [3.8, 4) is 0 Å². The van der Waals surface area contributed by atoms with Crippen molar-refractivity contribution in [2.45, 2.75) is 0 Å². The smallest absolute Gasteiger partial charge is 0.208 e. The minimum absolute atomic E-state index is 0.654. The second-order valence-electron chi connectivity index (χ2n) is 2.67. The van der Waals surface area contributed by atoms with Crippen molar-refractivity contribution >= 4 is 68.6 Å². The lowest BCUT2D eigenvalue weighted by Gasteiger charge is -2.04. The van der Waals surface area contributed by atoms with Crippen LogP contribution < -0.4 is 5.32 Å². The van der Waals surface area contributed by atoms with Crippen LogP contribution in [-0.2, 0) is 0 Å². The number of nitrogens with one attached hydrogen (secondary N) is 2. The Kier molecular flexibility index (Phi) is 3.60. The van der Waals surface area contributed by atoms with Gasteiger partial charge in [-0.3, -0.25) is 5.10 Å². The molecule has 78 valence electrons. The van der Waals surface area contributed by atoms with Crippen LogP contribution in [0.1, 0.15) is 0 Å². The third-order valence-corrected chi connectivity index (χ3v) is 3.74. The van der Waals surface area contributed by atoms with Crippen LogP contribution in [-0.4, -0.2) is 10.2 Å². The summed E-state index contributed by atoms with van der Waals surface area (Å²) in [6.45, 7) is 0. The third kappa shape index (κ3) is 2.90. The van der Waals surface area contributed by atoms with Crippen LogP contribution in [0.4, 0.5) is 10.8 Å². The zero-order valence-electron chi connectivity index (χ0n) is 7.25. The molecule has 2 aromatic rings. The van der Waals surface area contributed by atoms with Gasteiger partial charge in [0, 0.05) is 8.59 Å². The Bertz CT molecular complexity index is 537. The minimum atomic E-state index is 0.654. The van der Waals surface area contributed by atoms with E-state index in [0.717, 1.165) is 19.4 Å².